The molecule has 1 aliphatic heterocycles. The third kappa shape index (κ3) is 3.13. The summed E-state index contributed by atoms with van der Waals surface area (Å²) in [4.78, 5) is 0. The Labute approximate surface area is 88.5 Å². The first-order chi connectivity index (χ1) is 6.50. The Morgan fingerprint density at radius 3 is 2.57 bits per heavy atom. The van der Waals surface area contributed by atoms with Crippen LogP contribution < -0.4 is 0 Å². The molecule has 0 amide bonds. The predicted octanol–water partition coefficient (Wildman–Crippen LogP) is 3.79. The largest absolute Gasteiger partial charge is 0.375 e. The zero-order chi connectivity index (χ0) is 10.7. The number of hydrogen-bond donors (Lipinski definition) is 0. The Balaban J connectivity index is 2.59. The summed E-state index contributed by atoms with van der Waals surface area (Å²) in [6, 6.07) is 0. The van der Waals surface area contributed by atoms with Gasteiger partial charge in [-0.3, -0.25) is 0 Å². The smallest absolute Gasteiger partial charge is 0.0646 e. The van der Waals surface area contributed by atoms with Crippen molar-refractivity contribution >= 4 is 0 Å². The molecule has 1 heterocycles. The number of ether oxygens (including phenoxy) is 1. The monoisotopic (exact) mass is 196 g/mol. The van der Waals surface area contributed by atoms with E-state index in [4.69, 9.17) is 4.74 Å². The highest BCUT2D eigenvalue weighted by molar-refractivity contribution is 5.01. The minimum absolute atomic E-state index is 0.413. The van der Waals surface area contributed by atoms with Crippen molar-refractivity contribution in [3.8, 4) is 0 Å². The van der Waals surface area contributed by atoms with Crippen molar-refractivity contribution in [1.29, 1.82) is 0 Å². The molecule has 0 radical (unpaired) electrons. The minimum atomic E-state index is 0.413. The fourth-order valence-electron chi connectivity index (χ4n) is 2.31. The van der Waals surface area contributed by atoms with Gasteiger partial charge in [0.05, 0.1) is 12.2 Å². The number of rotatable bonds is 3. The Hall–Kier alpha value is -0.300. The van der Waals surface area contributed by atoms with E-state index in [0.29, 0.717) is 24.0 Å². The van der Waals surface area contributed by atoms with Crippen LogP contribution in [0.15, 0.2) is 12.2 Å². The zero-order valence-electron chi connectivity index (χ0n) is 10.0. The topological polar surface area (TPSA) is 9.23 Å². The molecule has 0 aromatic carbocycles. The van der Waals surface area contributed by atoms with E-state index >= 15 is 0 Å². The van der Waals surface area contributed by atoms with Gasteiger partial charge < -0.3 is 4.74 Å². The molecule has 0 N–H and O–H groups in total. The van der Waals surface area contributed by atoms with Gasteiger partial charge in [-0.15, -0.1) is 0 Å². The Morgan fingerprint density at radius 2 is 2.07 bits per heavy atom. The maximum Gasteiger partial charge on any atom is 0.0646 e. The van der Waals surface area contributed by atoms with Crippen LogP contribution >= 0.6 is 0 Å². The Kier molecular flexibility index (Phi) is 4.18. The van der Waals surface area contributed by atoms with E-state index in [1.807, 2.05) is 0 Å². The molecular weight excluding hydrogens is 172 g/mol. The SMILES string of the molecule is C=C(C)[C@@H]1CC[C@H](C)O[C@@H]1CC(C)C. The van der Waals surface area contributed by atoms with Crippen molar-refractivity contribution in [3.63, 3.8) is 0 Å². The lowest BCUT2D eigenvalue weighted by molar-refractivity contribution is -0.0732. The van der Waals surface area contributed by atoms with Gasteiger partial charge in [0.1, 0.15) is 0 Å². The highest BCUT2D eigenvalue weighted by atomic mass is 16.5. The van der Waals surface area contributed by atoms with Gasteiger partial charge in [0.2, 0.25) is 0 Å². The highest BCUT2D eigenvalue weighted by Crippen LogP contribution is 2.32. The lowest BCUT2D eigenvalue weighted by atomic mass is 9.83. The van der Waals surface area contributed by atoms with Crippen molar-refractivity contribution in [1.82, 2.24) is 0 Å². The van der Waals surface area contributed by atoms with E-state index in [0.717, 1.165) is 0 Å². The Bertz CT molecular complexity index is 193. The average Bonchev–Trinajstić information content (AvgIpc) is 2.01. The van der Waals surface area contributed by atoms with Gasteiger partial charge >= 0.3 is 0 Å². The molecule has 0 bridgehead atoms. The molecule has 1 saturated heterocycles. The molecular formula is C13H24O. The first-order valence-electron chi connectivity index (χ1n) is 5.81. The lowest BCUT2D eigenvalue weighted by Crippen LogP contribution is -2.35. The number of hydrogen-bond acceptors (Lipinski definition) is 1. The molecule has 0 unspecified atom stereocenters. The van der Waals surface area contributed by atoms with Gasteiger partial charge in [0.25, 0.3) is 0 Å². The van der Waals surface area contributed by atoms with Crippen LogP contribution in [0.1, 0.15) is 47.0 Å². The second-order valence-corrected chi connectivity index (χ2v) is 5.14. The fraction of sp³-hybridized carbons (Fsp3) is 0.846. The fourth-order valence-corrected chi connectivity index (χ4v) is 2.31. The standard InChI is InChI=1S/C13H24O/c1-9(2)8-13-12(10(3)4)7-6-11(5)14-13/h9,11-13H,3,6-8H2,1-2,4-5H3/t11-,12-,13+/m0/s1. The first-order valence-corrected chi connectivity index (χ1v) is 5.81. The first kappa shape index (κ1) is 11.8. The summed E-state index contributed by atoms with van der Waals surface area (Å²) < 4.78 is 6.01. The maximum atomic E-state index is 6.01. The molecule has 1 nitrogen and oxygen atoms in total. The van der Waals surface area contributed by atoms with Gasteiger partial charge in [0.15, 0.2) is 0 Å². The van der Waals surface area contributed by atoms with Crippen molar-refractivity contribution in [3.05, 3.63) is 12.2 Å². The van der Waals surface area contributed by atoms with Gasteiger partial charge in [-0.1, -0.05) is 26.0 Å². The van der Waals surface area contributed by atoms with Gasteiger partial charge in [-0.05, 0) is 39.0 Å². The third-order valence-electron chi connectivity index (χ3n) is 3.08. The molecule has 0 aliphatic carbocycles. The average molecular weight is 196 g/mol. The van der Waals surface area contributed by atoms with Crippen LogP contribution in [0.2, 0.25) is 0 Å². The summed E-state index contributed by atoms with van der Waals surface area (Å²) in [6.45, 7) is 12.9. The normalized spacial score (nSPS) is 33.4. The van der Waals surface area contributed by atoms with E-state index in [1.165, 1.54) is 24.8 Å². The van der Waals surface area contributed by atoms with Crippen LogP contribution in [0.5, 0.6) is 0 Å². The van der Waals surface area contributed by atoms with Gasteiger partial charge in [-0.25, -0.2) is 0 Å². The van der Waals surface area contributed by atoms with Crippen LogP contribution in [0.25, 0.3) is 0 Å². The summed E-state index contributed by atoms with van der Waals surface area (Å²) in [5, 5.41) is 0. The van der Waals surface area contributed by atoms with E-state index in [9.17, 15) is 0 Å². The molecule has 0 spiro atoms. The van der Waals surface area contributed by atoms with Crippen molar-refractivity contribution in [2.45, 2.75) is 59.2 Å². The molecule has 1 fully saturated rings. The van der Waals surface area contributed by atoms with Gasteiger partial charge in [0, 0.05) is 5.92 Å². The summed E-state index contributed by atoms with van der Waals surface area (Å²) >= 11 is 0. The van der Waals surface area contributed by atoms with Crippen molar-refractivity contribution < 1.29 is 4.74 Å². The van der Waals surface area contributed by atoms with Crippen molar-refractivity contribution in [2.24, 2.45) is 11.8 Å². The van der Waals surface area contributed by atoms with E-state index in [1.54, 1.807) is 0 Å². The van der Waals surface area contributed by atoms with Crippen molar-refractivity contribution in [2.75, 3.05) is 0 Å². The van der Waals surface area contributed by atoms with E-state index in [-0.39, 0.29) is 0 Å². The van der Waals surface area contributed by atoms with E-state index < -0.39 is 0 Å². The van der Waals surface area contributed by atoms with Crippen LogP contribution in [0, 0.1) is 11.8 Å². The molecule has 1 aliphatic rings. The van der Waals surface area contributed by atoms with Crippen LogP contribution in [-0.4, -0.2) is 12.2 Å². The summed E-state index contributed by atoms with van der Waals surface area (Å²) in [5.41, 5.74) is 1.29. The molecule has 82 valence electrons. The molecule has 0 aromatic heterocycles. The summed E-state index contributed by atoms with van der Waals surface area (Å²) in [5.74, 6) is 1.31. The minimum Gasteiger partial charge on any atom is -0.375 e. The highest BCUT2D eigenvalue weighted by Gasteiger charge is 2.29. The molecule has 0 aromatic rings. The Morgan fingerprint density at radius 1 is 1.43 bits per heavy atom. The van der Waals surface area contributed by atoms with Crippen LogP contribution in [0.4, 0.5) is 0 Å². The van der Waals surface area contributed by atoms with Gasteiger partial charge in [-0.2, -0.15) is 0 Å². The molecule has 1 heteroatoms. The second-order valence-electron chi connectivity index (χ2n) is 5.14. The quantitative estimate of drug-likeness (QED) is 0.624. The maximum absolute atomic E-state index is 6.01. The summed E-state index contributed by atoms with van der Waals surface area (Å²) in [6.07, 6.45) is 4.47. The molecule has 14 heavy (non-hydrogen) atoms. The predicted molar refractivity (Wildman–Crippen MR) is 61.3 cm³/mol. The van der Waals surface area contributed by atoms with Crippen LogP contribution in [-0.2, 0) is 4.74 Å². The summed E-state index contributed by atoms with van der Waals surface area (Å²) in [7, 11) is 0. The molecule has 3 atom stereocenters. The second kappa shape index (κ2) is 4.97. The van der Waals surface area contributed by atoms with Crippen LogP contribution in [0.3, 0.4) is 0 Å². The zero-order valence-corrected chi connectivity index (χ0v) is 10.0. The van der Waals surface area contributed by atoms with E-state index in [2.05, 4.69) is 34.3 Å². The third-order valence-corrected chi connectivity index (χ3v) is 3.08. The lowest BCUT2D eigenvalue weighted by Gasteiger charge is -2.36. The molecule has 1 rings (SSSR count). The molecule has 0 saturated carbocycles.